The molecule has 1 aliphatic carbocycles. The summed E-state index contributed by atoms with van der Waals surface area (Å²) in [4.78, 5) is 21.9. The molecule has 0 radical (unpaired) electrons. The molecule has 1 fully saturated rings. The van der Waals surface area contributed by atoms with E-state index in [1.807, 2.05) is 0 Å². The second kappa shape index (κ2) is 3.52. The molecule has 0 saturated heterocycles. The lowest BCUT2D eigenvalue weighted by Crippen LogP contribution is -2.43. The monoisotopic (exact) mass is 253 g/mol. The highest BCUT2D eigenvalue weighted by Crippen LogP contribution is 2.44. The molecule has 1 saturated carbocycles. The second-order valence-corrected chi connectivity index (χ2v) is 4.65. The second-order valence-electron chi connectivity index (χ2n) is 4.65. The fourth-order valence-electron chi connectivity index (χ4n) is 2.32. The molecule has 0 amide bonds. The summed E-state index contributed by atoms with van der Waals surface area (Å²) in [6.07, 6.45) is 1.82. The van der Waals surface area contributed by atoms with E-state index in [9.17, 15) is 9.18 Å². The highest BCUT2D eigenvalue weighted by Gasteiger charge is 2.45. The number of hydrogen-bond donors (Lipinski definition) is 3. The number of halogens is 1. The van der Waals surface area contributed by atoms with Crippen molar-refractivity contribution in [2.45, 2.75) is 24.6 Å². The SMILES string of the molecule is Nc1nc2c(ncn2C2CC(F)(CO)C2)c(=O)[nH]1. The number of imidazole rings is 1. The number of nitrogen functional groups attached to an aromatic ring is 1. The first-order valence-electron chi connectivity index (χ1n) is 5.54. The van der Waals surface area contributed by atoms with Crippen molar-refractivity contribution in [3.8, 4) is 0 Å². The van der Waals surface area contributed by atoms with Crippen LogP contribution in [0, 0.1) is 0 Å². The van der Waals surface area contributed by atoms with Crippen LogP contribution in [-0.2, 0) is 0 Å². The van der Waals surface area contributed by atoms with Crippen molar-refractivity contribution in [3.63, 3.8) is 0 Å². The number of aromatic amines is 1. The quantitative estimate of drug-likeness (QED) is 0.683. The molecule has 96 valence electrons. The van der Waals surface area contributed by atoms with E-state index in [2.05, 4.69) is 15.0 Å². The lowest BCUT2D eigenvalue weighted by molar-refractivity contribution is -0.0323. The van der Waals surface area contributed by atoms with Gasteiger partial charge in [0.25, 0.3) is 5.56 Å². The van der Waals surface area contributed by atoms with Gasteiger partial charge in [0.05, 0.1) is 12.9 Å². The van der Waals surface area contributed by atoms with Crippen molar-refractivity contribution < 1.29 is 9.50 Å². The number of fused-ring (bicyclic) bond motifs is 1. The maximum absolute atomic E-state index is 13.6. The molecule has 18 heavy (non-hydrogen) atoms. The van der Waals surface area contributed by atoms with Gasteiger partial charge in [-0.25, -0.2) is 9.37 Å². The molecule has 2 aromatic heterocycles. The Balaban J connectivity index is 2.02. The summed E-state index contributed by atoms with van der Waals surface area (Å²) >= 11 is 0. The van der Waals surface area contributed by atoms with Crippen LogP contribution in [0.2, 0.25) is 0 Å². The van der Waals surface area contributed by atoms with Gasteiger partial charge in [0, 0.05) is 18.9 Å². The summed E-state index contributed by atoms with van der Waals surface area (Å²) in [5.74, 6) is 0.00208. The van der Waals surface area contributed by atoms with Gasteiger partial charge in [-0.2, -0.15) is 4.98 Å². The van der Waals surface area contributed by atoms with Gasteiger partial charge in [-0.3, -0.25) is 9.78 Å². The molecule has 2 heterocycles. The molecule has 2 aromatic rings. The van der Waals surface area contributed by atoms with Crippen LogP contribution in [-0.4, -0.2) is 36.9 Å². The molecular formula is C10H12FN5O2. The summed E-state index contributed by atoms with van der Waals surface area (Å²) in [5.41, 5.74) is 4.06. The van der Waals surface area contributed by atoms with Crippen molar-refractivity contribution in [2.75, 3.05) is 12.3 Å². The minimum absolute atomic E-state index is 0.00208. The van der Waals surface area contributed by atoms with Gasteiger partial charge in [0.15, 0.2) is 11.2 Å². The lowest BCUT2D eigenvalue weighted by Gasteiger charge is -2.40. The Morgan fingerprint density at radius 3 is 3.06 bits per heavy atom. The Morgan fingerprint density at radius 2 is 2.39 bits per heavy atom. The third kappa shape index (κ3) is 1.49. The van der Waals surface area contributed by atoms with E-state index < -0.39 is 17.8 Å². The van der Waals surface area contributed by atoms with Crippen molar-refractivity contribution in [3.05, 3.63) is 16.7 Å². The normalized spacial score (nSPS) is 27.3. The molecule has 0 bridgehead atoms. The van der Waals surface area contributed by atoms with Gasteiger partial charge in [0.1, 0.15) is 5.67 Å². The molecular weight excluding hydrogens is 241 g/mol. The highest BCUT2D eigenvalue weighted by atomic mass is 19.1. The molecule has 0 aromatic carbocycles. The number of nitrogens with two attached hydrogens (primary N) is 1. The molecule has 4 N–H and O–H groups in total. The fraction of sp³-hybridized carbons (Fsp3) is 0.500. The first-order valence-corrected chi connectivity index (χ1v) is 5.54. The summed E-state index contributed by atoms with van der Waals surface area (Å²) in [7, 11) is 0. The van der Waals surface area contributed by atoms with E-state index in [0.29, 0.717) is 5.65 Å². The van der Waals surface area contributed by atoms with E-state index in [-0.39, 0.29) is 30.3 Å². The average Bonchev–Trinajstić information content (AvgIpc) is 2.68. The molecule has 0 aliphatic heterocycles. The van der Waals surface area contributed by atoms with Gasteiger partial charge in [-0.15, -0.1) is 0 Å². The molecule has 1 aliphatic rings. The van der Waals surface area contributed by atoms with Crippen LogP contribution in [0.25, 0.3) is 11.2 Å². The van der Waals surface area contributed by atoms with E-state index in [1.165, 1.54) is 6.33 Å². The van der Waals surface area contributed by atoms with Crippen molar-refractivity contribution >= 4 is 17.1 Å². The topological polar surface area (TPSA) is 110 Å². The van der Waals surface area contributed by atoms with Crippen LogP contribution < -0.4 is 11.3 Å². The minimum atomic E-state index is -1.53. The summed E-state index contributed by atoms with van der Waals surface area (Å²) < 4.78 is 15.3. The van der Waals surface area contributed by atoms with Crippen LogP contribution in [0.15, 0.2) is 11.1 Å². The first kappa shape index (κ1) is 11.1. The summed E-state index contributed by atoms with van der Waals surface area (Å²) in [6.45, 7) is -0.494. The number of anilines is 1. The van der Waals surface area contributed by atoms with Crippen molar-refractivity contribution in [1.29, 1.82) is 0 Å². The smallest absolute Gasteiger partial charge is 0.280 e. The lowest BCUT2D eigenvalue weighted by atomic mass is 9.78. The Morgan fingerprint density at radius 1 is 1.67 bits per heavy atom. The van der Waals surface area contributed by atoms with Gasteiger partial charge in [0.2, 0.25) is 5.95 Å². The molecule has 0 unspecified atom stereocenters. The van der Waals surface area contributed by atoms with Crippen LogP contribution in [0.3, 0.4) is 0 Å². The van der Waals surface area contributed by atoms with E-state index >= 15 is 0 Å². The average molecular weight is 253 g/mol. The van der Waals surface area contributed by atoms with E-state index in [0.717, 1.165) is 0 Å². The molecule has 7 nitrogen and oxygen atoms in total. The molecule has 8 heteroatoms. The van der Waals surface area contributed by atoms with Crippen LogP contribution in [0.4, 0.5) is 10.3 Å². The third-order valence-electron chi connectivity index (χ3n) is 3.33. The van der Waals surface area contributed by atoms with Gasteiger partial charge < -0.3 is 15.4 Å². The number of nitrogens with zero attached hydrogens (tertiary/aromatic N) is 3. The molecule has 0 atom stereocenters. The third-order valence-corrected chi connectivity index (χ3v) is 3.33. The number of aliphatic hydroxyl groups excluding tert-OH is 1. The van der Waals surface area contributed by atoms with Crippen molar-refractivity contribution in [1.82, 2.24) is 19.5 Å². The number of nitrogens with one attached hydrogen (secondary N) is 1. The Kier molecular flexibility index (Phi) is 2.18. The van der Waals surface area contributed by atoms with E-state index in [4.69, 9.17) is 10.8 Å². The van der Waals surface area contributed by atoms with Crippen molar-refractivity contribution in [2.24, 2.45) is 0 Å². The van der Waals surface area contributed by atoms with Crippen LogP contribution in [0.1, 0.15) is 18.9 Å². The zero-order valence-electron chi connectivity index (χ0n) is 9.43. The van der Waals surface area contributed by atoms with Crippen LogP contribution in [0.5, 0.6) is 0 Å². The molecule has 3 rings (SSSR count). The molecule has 0 spiro atoms. The zero-order valence-corrected chi connectivity index (χ0v) is 9.43. The van der Waals surface area contributed by atoms with Crippen LogP contribution >= 0.6 is 0 Å². The minimum Gasteiger partial charge on any atom is -0.393 e. The fourth-order valence-corrected chi connectivity index (χ4v) is 2.32. The maximum Gasteiger partial charge on any atom is 0.280 e. The number of aliphatic hydroxyl groups is 1. The Bertz CT molecular complexity index is 658. The number of aromatic nitrogens is 4. The number of rotatable bonds is 2. The maximum atomic E-state index is 13.6. The first-order chi connectivity index (χ1) is 8.52. The van der Waals surface area contributed by atoms with Gasteiger partial charge in [-0.1, -0.05) is 0 Å². The summed E-state index contributed by atoms with van der Waals surface area (Å²) in [6, 6.07) is -0.152. The predicted octanol–water partition coefficient (Wildman–Crippen LogP) is -0.263. The predicted molar refractivity (Wildman–Crippen MR) is 61.8 cm³/mol. The van der Waals surface area contributed by atoms with E-state index in [1.54, 1.807) is 4.57 Å². The van der Waals surface area contributed by atoms with Gasteiger partial charge >= 0.3 is 0 Å². The zero-order chi connectivity index (χ0) is 12.9. The Labute approximate surface area is 100 Å². The Hall–Kier alpha value is -1.96. The number of hydrogen-bond acceptors (Lipinski definition) is 5. The number of alkyl halides is 1. The summed E-state index contributed by atoms with van der Waals surface area (Å²) in [5, 5.41) is 8.87. The van der Waals surface area contributed by atoms with Gasteiger partial charge in [-0.05, 0) is 0 Å². The standard InChI is InChI=1S/C10H12FN5O2/c11-10(3-17)1-5(2-10)16-4-13-6-7(16)14-9(12)15-8(6)18/h4-5,17H,1-3H2,(H3,12,14,15,18). The number of H-pyrrole nitrogens is 1. The largest absolute Gasteiger partial charge is 0.393 e. The highest BCUT2D eigenvalue weighted by molar-refractivity contribution is 5.70.